The van der Waals surface area contributed by atoms with Crippen LogP contribution in [0.3, 0.4) is 0 Å². The number of aromatic amines is 1. The molecule has 0 saturated carbocycles. The minimum absolute atomic E-state index is 0.118. The van der Waals surface area contributed by atoms with Crippen molar-refractivity contribution in [2.75, 3.05) is 32.7 Å². The molecule has 2 heterocycles. The van der Waals surface area contributed by atoms with Gasteiger partial charge in [-0.05, 0) is 25.5 Å². The fourth-order valence-corrected chi connectivity index (χ4v) is 2.39. The highest BCUT2D eigenvalue weighted by Gasteiger charge is 2.30. The van der Waals surface area contributed by atoms with Gasteiger partial charge in [0.25, 0.3) is 0 Å². The summed E-state index contributed by atoms with van der Waals surface area (Å²) in [6.45, 7) is 9.51. The minimum atomic E-state index is -0.354. The van der Waals surface area contributed by atoms with E-state index in [4.69, 9.17) is 0 Å². The van der Waals surface area contributed by atoms with Crippen LogP contribution in [-0.4, -0.2) is 48.5 Å². The zero-order chi connectivity index (χ0) is 13.7. The normalized spacial score (nSPS) is 17.4. The molecule has 1 amide bonds. The van der Waals surface area contributed by atoms with E-state index in [2.05, 4.69) is 20.5 Å². The molecule has 0 aliphatic carbocycles. The number of carbonyl (C=O) groups excluding carboxylic acids is 1. The summed E-state index contributed by atoms with van der Waals surface area (Å²) < 4.78 is 0. The van der Waals surface area contributed by atoms with Crippen LogP contribution in [0.4, 0.5) is 0 Å². The number of aromatic nitrogens is 1. The summed E-state index contributed by atoms with van der Waals surface area (Å²) in [6.07, 6.45) is 3.77. The first-order valence-corrected chi connectivity index (χ1v) is 6.91. The molecule has 19 heavy (non-hydrogen) atoms. The zero-order valence-corrected chi connectivity index (χ0v) is 11.8. The van der Waals surface area contributed by atoms with E-state index in [1.807, 2.05) is 32.3 Å². The first kappa shape index (κ1) is 14.1. The Labute approximate surface area is 114 Å². The Hall–Kier alpha value is -1.33. The first-order chi connectivity index (χ1) is 9.08. The Morgan fingerprint density at radius 3 is 2.79 bits per heavy atom. The van der Waals surface area contributed by atoms with E-state index in [9.17, 15) is 4.79 Å². The molecule has 5 nitrogen and oxygen atoms in total. The molecule has 0 radical (unpaired) electrons. The smallest absolute Gasteiger partial charge is 0.227 e. The second-order valence-corrected chi connectivity index (χ2v) is 5.81. The topological polar surface area (TPSA) is 60.2 Å². The van der Waals surface area contributed by atoms with Gasteiger partial charge in [-0.1, -0.05) is 0 Å². The number of rotatable bonds is 5. The number of piperazine rings is 1. The molecular formula is C14H24N4O. The van der Waals surface area contributed by atoms with E-state index in [1.165, 1.54) is 0 Å². The fourth-order valence-electron chi connectivity index (χ4n) is 2.39. The van der Waals surface area contributed by atoms with Gasteiger partial charge >= 0.3 is 0 Å². The lowest BCUT2D eigenvalue weighted by Crippen LogP contribution is -2.50. The molecule has 1 aromatic heterocycles. The van der Waals surface area contributed by atoms with Gasteiger partial charge in [0.05, 0.1) is 5.41 Å². The van der Waals surface area contributed by atoms with Crippen LogP contribution in [0.15, 0.2) is 18.5 Å². The lowest BCUT2D eigenvalue weighted by atomic mass is 9.91. The maximum absolute atomic E-state index is 12.3. The zero-order valence-electron chi connectivity index (χ0n) is 11.8. The summed E-state index contributed by atoms with van der Waals surface area (Å²) in [5, 5.41) is 6.34. The van der Waals surface area contributed by atoms with Gasteiger partial charge in [0, 0.05) is 51.7 Å². The third kappa shape index (κ3) is 4.08. The van der Waals surface area contributed by atoms with Gasteiger partial charge in [-0.2, -0.15) is 0 Å². The Bertz CT molecular complexity index is 394. The van der Waals surface area contributed by atoms with Crippen molar-refractivity contribution < 1.29 is 4.79 Å². The van der Waals surface area contributed by atoms with Crippen molar-refractivity contribution in [1.82, 2.24) is 20.5 Å². The molecular weight excluding hydrogens is 240 g/mol. The van der Waals surface area contributed by atoms with E-state index < -0.39 is 0 Å². The van der Waals surface area contributed by atoms with Crippen molar-refractivity contribution in [3.8, 4) is 0 Å². The number of nitrogens with zero attached hydrogens (tertiary/aromatic N) is 1. The summed E-state index contributed by atoms with van der Waals surface area (Å²) in [7, 11) is 0. The highest BCUT2D eigenvalue weighted by molar-refractivity contribution is 5.82. The quantitative estimate of drug-likeness (QED) is 0.728. The third-order valence-corrected chi connectivity index (χ3v) is 3.56. The van der Waals surface area contributed by atoms with E-state index in [0.29, 0.717) is 6.54 Å². The summed E-state index contributed by atoms with van der Waals surface area (Å²) >= 11 is 0. The molecule has 0 unspecified atom stereocenters. The predicted molar refractivity (Wildman–Crippen MR) is 75.7 cm³/mol. The summed E-state index contributed by atoms with van der Waals surface area (Å²) in [6, 6.07) is 1.98. The molecule has 1 aromatic rings. The van der Waals surface area contributed by atoms with Gasteiger partial charge in [0.15, 0.2) is 0 Å². The van der Waals surface area contributed by atoms with Crippen LogP contribution in [-0.2, 0) is 11.3 Å². The molecule has 1 aliphatic heterocycles. The molecule has 0 bridgehead atoms. The number of nitrogens with one attached hydrogen (secondary N) is 3. The highest BCUT2D eigenvalue weighted by atomic mass is 16.2. The molecule has 2 rings (SSSR count). The lowest BCUT2D eigenvalue weighted by Gasteiger charge is -2.34. The number of amides is 1. The van der Waals surface area contributed by atoms with Crippen molar-refractivity contribution in [3.63, 3.8) is 0 Å². The minimum Gasteiger partial charge on any atom is -0.367 e. The maximum Gasteiger partial charge on any atom is 0.227 e. The van der Waals surface area contributed by atoms with Crippen LogP contribution in [0.5, 0.6) is 0 Å². The molecule has 1 fully saturated rings. The predicted octanol–water partition coefficient (Wildman–Crippen LogP) is 0.562. The van der Waals surface area contributed by atoms with Gasteiger partial charge in [-0.15, -0.1) is 0 Å². The Morgan fingerprint density at radius 2 is 2.16 bits per heavy atom. The molecule has 0 atom stereocenters. The Balaban J connectivity index is 1.81. The molecule has 106 valence electrons. The third-order valence-electron chi connectivity index (χ3n) is 3.56. The monoisotopic (exact) mass is 264 g/mol. The standard InChI is InChI=1S/C14H24N4O/c1-14(2,11-18-7-5-15-6-8-18)13(19)17-10-12-3-4-16-9-12/h3-4,9,15-16H,5-8,10-11H2,1-2H3,(H,17,19). The van der Waals surface area contributed by atoms with Crippen molar-refractivity contribution in [1.29, 1.82) is 0 Å². The van der Waals surface area contributed by atoms with Crippen molar-refractivity contribution in [2.24, 2.45) is 5.41 Å². The van der Waals surface area contributed by atoms with Crippen LogP contribution >= 0.6 is 0 Å². The van der Waals surface area contributed by atoms with E-state index in [-0.39, 0.29) is 11.3 Å². The van der Waals surface area contributed by atoms with Crippen LogP contribution in [0, 0.1) is 5.41 Å². The lowest BCUT2D eigenvalue weighted by molar-refractivity contribution is -0.130. The van der Waals surface area contributed by atoms with Crippen LogP contribution in [0.1, 0.15) is 19.4 Å². The van der Waals surface area contributed by atoms with Gasteiger partial charge in [0.2, 0.25) is 5.91 Å². The van der Waals surface area contributed by atoms with Crippen molar-refractivity contribution in [3.05, 3.63) is 24.0 Å². The van der Waals surface area contributed by atoms with Gasteiger partial charge in [-0.25, -0.2) is 0 Å². The number of hydrogen-bond acceptors (Lipinski definition) is 3. The Morgan fingerprint density at radius 1 is 1.42 bits per heavy atom. The molecule has 3 N–H and O–H groups in total. The summed E-state index contributed by atoms with van der Waals surface area (Å²) in [5.74, 6) is 0.118. The van der Waals surface area contributed by atoms with Crippen LogP contribution < -0.4 is 10.6 Å². The average Bonchev–Trinajstić information content (AvgIpc) is 2.89. The Kier molecular flexibility index (Phi) is 4.61. The summed E-state index contributed by atoms with van der Waals surface area (Å²) in [5.41, 5.74) is 0.750. The van der Waals surface area contributed by atoms with Gasteiger partial charge in [0.1, 0.15) is 0 Å². The molecule has 5 heteroatoms. The van der Waals surface area contributed by atoms with Gasteiger partial charge in [-0.3, -0.25) is 9.69 Å². The molecule has 0 aromatic carbocycles. The highest BCUT2D eigenvalue weighted by Crippen LogP contribution is 2.18. The largest absolute Gasteiger partial charge is 0.367 e. The second-order valence-electron chi connectivity index (χ2n) is 5.81. The molecule has 0 spiro atoms. The average molecular weight is 264 g/mol. The van der Waals surface area contributed by atoms with Gasteiger partial charge < -0.3 is 15.6 Å². The number of hydrogen-bond donors (Lipinski definition) is 3. The molecule has 1 aliphatic rings. The first-order valence-electron chi connectivity index (χ1n) is 6.91. The summed E-state index contributed by atoms with van der Waals surface area (Å²) in [4.78, 5) is 17.6. The van der Waals surface area contributed by atoms with E-state index in [0.717, 1.165) is 38.3 Å². The SMILES string of the molecule is CC(C)(CN1CCNCC1)C(=O)NCc1cc[nH]c1. The second kappa shape index (κ2) is 6.21. The van der Waals surface area contributed by atoms with E-state index in [1.54, 1.807) is 0 Å². The molecule has 1 saturated heterocycles. The van der Waals surface area contributed by atoms with E-state index >= 15 is 0 Å². The number of H-pyrrole nitrogens is 1. The van der Waals surface area contributed by atoms with Crippen LogP contribution in [0.25, 0.3) is 0 Å². The maximum atomic E-state index is 12.3. The van der Waals surface area contributed by atoms with Crippen molar-refractivity contribution >= 4 is 5.91 Å². The van der Waals surface area contributed by atoms with Crippen molar-refractivity contribution in [2.45, 2.75) is 20.4 Å². The van der Waals surface area contributed by atoms with Crippen LogP contribution in [0.2, 0.25) is 0 Å². The number of carbonyl (C=O) groups is 1. The fraction of sp³-hybridized carbons (Fsp3) is 0.643.